The number of aryl methyl sites for hydroxylation is 1. The first-order valence-electron chi connectivity index (χ1n) is 10.2. The van der Waals surface area contributed by atoms with Gasteiger partial charge in [-0.1, -0.05) is 31.2 Å². The molecule has 5 nitrogen and oxygen atoms in total. The van der Waals surface area contributed by atoms with Gasteiger partial charge in [-0.3, -0.25) is 9.89 Å². The molecule has 0 atom stereocenters. The molecule has 1 fully saturated rings. The zero-order valence-corrected chi connectivity index (χ0v) is 17.8. The van der Waals surface area contributed by atoms with E-state index in [1.807, 2.05) is 11.3 Å². The van der Waals surface area contributed by atoms with Gasteiger partial charge in [0.25, 0.3) is 0 Å². The van der Waals surface area contributed by atoms with E-state index in [4.69, 9.17) is 0 Å². The number of guanidine groups is 1. The molecule has 0 radical (unpaired) electrons. The van der Waals surface area contributed by atoms with Crippen molar-refractivity contribution >= 4 is 17.3 Å². The zero-order valence-electron chi connectivity index (χ0n) is 16.9. The van der Waals surface area contributed by atoms with Crippen LogP contribution in [0.2, 0.25) is 0 Å². The average molecular weight is 401 g/mol. The number of piperidine rings is 1. The summed E-state index contributed by atoms with van der Waals surface area (Å²) in [7, 11) is 1.81. The normalized spacial score (nSPS) is 16.3. The number of nitrogens with zero attached hydrogens (tertiary/aromatic N) is 2. The van der Waals surface area contributed by atoms with Gasteiger partial charge in [0.05, 0.1) is 12.6 Å². The Morgan fingerprint density at radius 2 is 1.68 bits per heavy atom. The van der Waals surface area contributed by atoms with Crippen LogP contribution >= 0.6 is 11.3 Å². The summed E-state index contributed by atoms with van der Waals surface area (Å²) < 4.78 is 0. The molecule has 0 amide bonds. The molecule has 3 N–H and O–H groups in total. The lowest BCUT2D eigenvalue weighted by Gasteiger charge is -2.29. The van der Waals surface area contributed by atoms with Gasteiger partial charge in [0.15, 0.2) is 5.96 Å². The molecule has 6 heteroatoms. The monoisotopic (exact) mass is 400 g/mol. The fourth-order valence-electron chi connectivity index (χ4n) is 3.38. The van der Waals surface area contributed by atoms with Crippen LogP contribution in [-0.4, -0.2) is 42.2 Å². The molecule has 152 valence electrons. The second-order valence-electron chi connectivity index (χ2n) is 7.32. The molecule has 0 spiro atoms. The second-order valence-corrected chi connectivity index (χ2v) is 8.58. The van der Waals surface area contributed by atoms with E-state index in [0.29, 0.717) is 0 Å². The molecule has 28 heavy (non-hydrogen) atoms. The molecular formula is C22H32N4OS. The number of aliphatic hydroxyl groups is 1. The fraction of sp³-hybridized carbons (Fsp3) is 0.500. The number of rotatable bonds is 7. The molecule has 1 aliphatic heterocycles. The number of benzene rings is 1. The SMILES string of the molecule is CCc1ccc(CNC(=NC)NCc2ccc(CN3CCC(O)CC3)cc2)s1. The quantitative estimate of drug-likeness (QED) is 0.494. The van der Waals surface area contributed by atoms with Crippen molar-refractivity contribution in [1.29, 1.82) is 0 Å². The highest BCUT2D eigenvalue weighted by atomic mass is 32.1. The van der Waals surface area contributed by atoms with Crippen molar-refractivity contribution < 1.29 is 5.11 Å². The lowest BCUT2D eigenvalue weighted by molar-refractivity contribution is 0.0792. The van der Waals surface area contributed by atoms with E-state index >= 15 is 0 Å². The largest absolute Gasteiger partial charge is 0.393 e. The highest BCUT2D eigenvalue weighted by molar-refractivity contribution is 7.11. The second kappa shape index (κ2) is 10.6. The van der Waals surface area contributed by atoms with Crippen LogP contribution in [0.3, 0.4) is 0 Å². The maximum Gasteiger partial charge on any atom is 0.191 e. The molecule has 0 bridgehead atoms. The van der Waals surface area contributed by atoms with Crippen LogP contribution in [-0.2, 0) is 26.1 Å². The van der Waals surface area contributed by atoms with Crippen molar-refractivity contribution in [2.75, 3.05) is 20.1 Å². The summed E-state index contributed by atoms with van der Waals surface area (Å²) in [5.41, 5.74) is 2.57. The third-order valence-corrected chi connectivity index (χ3v) is 6.40. The Bertz CT molecular complexity index is 748. The zero-order chi connectivity index (χ0) is 19.8. The van der Waals surface area contributed by atoms with E-state index in [-0.39, 0.29) is 6.10 Å². The summed E-state index contributed by atoms with van der Waals surface area (Å²) >= 11 is 1.85. The van der Waals surface area contributed by atoms with Gasteiger partial charge in [-0.25, -0.2) is 0 Å². The van der Waals surface area contributed by atoms with E-state index in [2.05, 4.69) is 63.8 Å². The van der Waals surface area contributed by atoms with Crippen molar-refractivity contribution in [3.05, 3.63) is 57.3 Å². The molecule has 1 aromatic heterocycles. The lowest BCUT2D eigenvalue weighted by Crippen LogP contribution is -2.36. The molecular weight excluding hydrogens is 368 g/mol. The number of hydrogen-bond donors (Lipinski definition) is 3. The number of hydrogen-bond acceptors (Lipinski definition) is 4. The number of aliphatic imine (C=N–C) groups is 1. The summed E-state index contributed by atoms with van der Waals surface area (Å²) in [6, 6.07) is 13.2. The Morgan fingerprint density at radius 1 is 1.04 bits per heavy atom. The van der Waals surface area contributed by atoms with E-state index in [1.54, 1.807) is 7.05 Å². The topological polar surface area (TPSA) is 59.9 Å². The molecule has 0 unspecified atom stereocenters. The van der Waals surface area contributed by atoms with Crippen molar-refractivity contribution in [3.8, 4) is 0 Å². The van der Waals surface area contributed by atoms with Crippen LogP contribution in [0.25, 0.3) is 0 Å². The molecule has 0 aliphatic carbocycles. The Balaban J connectivity index is 1.42. The van der Waals surface area contributed by atoms with Gasteiger partial charge in [0.1, 0.15) is 0 Å². The first kappa shape index (κ1) is 20.8. The molecule has 1 saturated heterocycles. The standard InChI is InChI=1S/C22H32N4OS/c1-3-20-8-9-21(28-20)15-25-22(23-2)24-14-17-4-6-18(7-5-17)16-26-12-10-19(27)11-13-26/h4-9,19,27H,3,10-16H2,1-2H3,(H2,23,24,25). The molecule has 3 rings (SSSR count). The summed E-state index contributed by atoms with van der Waals surface area (Å²) in [4.78, 5) is 9.48. The van der Waals surface area contributed by atoms with Crippen molar-refractivity contribution in [1.82, 2.24) is 15.5 Å². The van der Waals surface area contributed by atoms with Crippen molar-refractivity contribution in [2.45, 2.75) is 51.9 Å². The number of nitrogens with one attached hydrogen (secondary N) is 2. The Kier molecular flexibility index (Phi) is 7.89. The smallest absolute Gasteiger partial charge is 0.191 e. The van der Waals surface area contributed by atoms with E-state index in [1.165, 1.54) is 20.9 Å². The maximum absolute atomic E-state index is 9.62. The van der Waals surface area contributed by atoms with Gasteiger partial charge in [-0.05, 0) is 42.5 Å². The maximum atomic E-state index is 9.62. The Hall–Kier alpha value is -1.89. The van der Waals surface area contributed by atoms with Crippen LogP contribution in [0.15, 0.2) is 41.4 Å². The van der Waals surface area contributed by atoms with Crippen molar-refractivity contribution in [2.24, 2.45) is 4.99 Å². The van der Waals surface area contributed by atoms with Crippen LogP contribution in [0.4, 0.5) is 0 Å². The predicted molar refractivity (Wildman–Crippen MR) is 118 cm³/mol. The van der Waals surface area contributed by atoms with E-state index in [9.17, 15) is 5.11 Å². The van der Waals surface area contributed by atoms with Gasteiger partial charge in [0.2, 0.25) is 0 Å². The van der Waals surface area contributed by atoms with Crippen LogP contribution < -0.4 is 10.6 Å². The highest BCUT2D eigenvalue weighted by Crippen LogP contribution is 2.16. The molecule has 2 aromatic rings. The minimum absolute atomic E-state index is 0.110. The molecule has 0 saturated carbocycles. The molecule has 1 aliphatic rings. The van der Waals surface area contributed by atoms with Gasteiger partial charge >= 0.3 is 0 Å². The Labute approximate surface area is 172 Å². The van der Waals surface area contributed by atoms with Gasteiger partial charge in [-0.2, -0.15) is 0 Å². The fourth-order valence-corrected chi connectivity index (χ4v) is 4.28. The van der Waals surface area contributed by atoms with Crippen molar-refractivity contribution in [3.63, 3.8) is 0 Å². The minimum atomic E-state index is -0.110. The average Bonchev–Trinajstić information content (AvgIpc) is 3.19. The van der Waals surface area contributed by atoms with Crippen LogP contribution in [0.1, 0.15) is 40.6 Å². The summed E-state index contributed by atoms with van der Waals surface area (Å²) in [6.07, 6.45) is 2.76. The third kappa shape index (κ3) is 6.33. The first-order chi connectivity index (χ1) is 13.7. The summed E-state index contributed by atoms with van der Waals surface area (Å²) in [6.45, 7) is 6.66. The van der Waals surface area contributed by atoms with Gasteiger partial charge in [0, 0.05) is 43.0 Å². The third-order valence-electron chi connectivity index (χ3n) is 5.17. The van der Waals surface area contributed by atoms with Crippen LogP contribution in [0.5, 0.6) is 0 Å². The lowest BCUT2D eigenvalue weighted by atomic mass is 10.1. The van der Waals surface area contributed by atoms with Gasteiger partial charge < -0.3 is 15.7 Å². The predicted octanol–water partition coefficient (Wildman–Crippen LogP) is 3.13. The molecule has 1 aromatic carbocycles. The highest BCUT2D eigenvalue weighted by Gasteiger charge is 2.16. The number of aliphatic hydroxyl groups excluding tert-OH is 1. The number of likely N-dealkylation sites (tertiary alicyclic amines) is 1. The summed E-state index contributed by atoms with van der Waals surface area (Å²) in [5.74, 6) is 0.822. The first-order valence-corrected chi connectivity index (χ1v) is 11.0. The number of thiophene rings is 1. The van der Waals surface area contributed by atoms with Gasteiger partial charge in [-0.15, -0.1) is 11.3 Å². The van der Waals surface area contributed by atoms with Crippen LogP contribution in [0, 0.1) is 0 Å². The summed E-state index contributed by atoms with van der Waals surface area (Å²) in [5, 5.41) is 16.4. The molecule has 2 heterocycles. The Morgan fingerprint density at radius 3 is 2.32 bits per heavy atom. The minimum Gasteiger partial charge on any atom is -0.393 e. The van der Waals surface area contributed by atoms with E-state index < -0.39 is 0 Å². The van der Waals surface area contributed by atoms with E-state index in [0.717, 1.165) is 57.9 Å².